The van der Waals surface area contributed by atoms with Crippen molar-refractivity contribution in [2.45, 2.75) is 32.3 Å². The zero-order valence-electron chi connectivity index (χ0n) is 11.7. The van der Waals surface area contributed by atoms with Crippen LogP contribution < -0.4 is 0 Å². The minimum atomic E-state index is -1.11. The Labute approximate surface area is 123 Å². The molecule has 0 atom stereocenters. The van der Waals surface area contributed by atoms with Gasteiger partial charge in [0.15, 0.2) is 0 Å². The Morgan fingerprint density at radius 3 is 2.52 bits per heavy atom. The zero-order valence-corrected chi connectivity index (χ0v) is 11.7. The van der Waals surface area contributed by atoms with Crippen LogP contribution >= 0.6 is 0 Å². The molecule has 112 valence electrons. The van der Waals surface area contributed by atoms with Crippen molar-refractivity contribution < 1.29 is 24.2 Å². The molecule has 0 aromatic heterocycles. The summed E-state index contributed by atoms with van der Waals surface area (Å²) in [5, 5.41) is 8.42. The summed E-state index contributed by atoms with van der Waals surface area (Å²) in [5.74, 6) is -1.85. The maximum atomic E-state index is 11.4. The van der Waals surface area contributed by atoms with E-state index in [9.17, 15) is 14.4 Å². The van der Waals surface area contributed by atoms with E-state index < -0.39 is 18.4 Å². The van der Waals surface area contributed by atoms with Gasteiger partial charge in [-0.25, -0.2) is 4.79 Å². The predicted molar refractivity (Wildman–Crippen MR) is 76.5 cm³/mol. The molecule has 0 spiro atoms. The largest absolute Gasteiger partial charge is 0.481 e. The van der Waals surface area contributed by atoms with Gasteiger partial charge in [0.2, 0.25) is 0 Å². The second-order valence-electron chi connectivity index (χ2n) is 4.50. The Morgan fingerprint density at radius 2 is 1.86 bits per heavy atom. The standard InChI is InChI=1S/C16H18O5/c17-14(11-15(18)19)9-5-2-6-10-16(20)21-12-13-7-3-1-4-8-13/h1,3-4,6-8,10H,2,5,9,11-12H2,(H,18,19)/b10-6+. The van der Waals surface area contributed by atoms with Gasteiger partial charge in [0, 0.05) is 12.5 Å². The van der Waals surface area contributed by atoms with Gasteiger partial charge in [0.05, 0.1) is 0 Å². The maximum absolute atomic E-state index is 11.4. The summed E-state index contributed by atoms with van der Waals surface area (Å²) in [7, 11) is 0. The molecule has 0 saturated carbocycles. The minimum Gasteiger partial charge on any atom is -0.481 e. The SMILES string of the molecule is O=C(O)CC(=O)CCC/C=C/C(=O)OCc1ccccc1. The van der Waals surface area contributed by atoms with Crippen LogP contribution in [0.2, 0.25) is 0 Å². The van der Waals surface area contributed by atoms with Gasteiger partial charge in [-0.1, -0.05) is 36.4 Å². The van der Waals surface area contributed by atoms with E-state index in [0.717, 1.165) is 5.56 Å². The number of rotatable bonds is 9. The maximum Gasteiger partial charge on any atom is 0.330 e. The molecule has 0 aliphatic heterocycles. The summed E-state index contributed by atoms with van der Waals surface area (Å²) in [4.78, 5) is 32.8. The van der Waals surface area contributed by atoms with Crippen LogP contribution in [0.15, 0.2) is 42.5 Å². The van der Waals surface area contributed by atoms with E-state index in [-0.39, 0.29) is 18.8 Å². The lowest BCUT2D eigenvalue weighted by atomic mass is 10.1. The average molecular weight is 290 g/mol. The van der Waals surface area contributed by atoms with E-state index in [4.69, 9.17) is 9.84 Å². The Hall–Kier alpha value is -2.43. The molecule has 0 heterocycles. The summed E-state index contributed by atoms with van der Waals surface area (Å²) >= 11 is 0. The number of carboxylic acid groups (broad SMARTS) is 1. The van der Waals surface area contributed by atoms with Gasteiger partial charge in [0.25, 0.3) is 0 Å². The third-order valence-corrected chi connectivity index (χ3v) is 2.65. The average Bonchev–Trinajstić information content (AvgIpc) is 2.45. The fraction of sp³-hybridized carbons (Fsp3) is 0.312. The fourth-order valence-corrected chi connectivity index (χ4v) is 1.63. The highest BCUT2D eigenvalue weighted by Crippen LogP contribution is 2.03. The van der Waals surface area contributed by atoms with Crippen molar-refractivity contribution in [3.05, 3.63) is 48.0 Å². The molecule has 0 radical (unpaired) electrons. The van der Waals surface area contributed by atoms with Gasteiger partial charge in [-0.2, -0.15) is 0 Å². The number of ketones is 1. The number of aliphatic carboxylic acids is 1. The van der Waals surface area contributed by atoms with Gasteiger partial charge in [0.1, 0.15) is 18.8 Å². The number of unbranched alkanes of at least 4 members (excludes halogenated alkanes) is 1. The Bertz CT molecular complexity index is 505. The van der Waals surface area contributed by atoms with E-state index in [1.165, 1.54) is 6.08 Å². The topological polar surface area (TPSA) is 80.7 Å². The lowest BCUT2D eigenvalue weighted by molar-refractivity contribution is -0.140. The summed E-state index contributed by atoms with van der Waals surface area (Å²) in [6.45, 7) is 0.223. The number of esters is 1. The van der Waals surface area contributed by atoms with Crippen LogP contribution in [0, 0.1) is 0 Å². The first-order chi connectivity index (χ1) is 10.1. The van der Waals surface area contributed by atoms with Gasteiger partial charge in [-0.05, 0) is 18.4 Å². The quantitative estimate of drug-likeness (QED) is 0.327. The number of carbonyl (C=O) groups is 3. The lowest BCUT2D eigenvalue weighted by Crippen LogP contribution is -2.05. The number of hydrogen-bond acceptors (Lipinski definition) is 4. The van der Waals surface area contributed by atoms with Crippen LogP contribution in [0.4, 0.5) is 0 Å². The van der Waals surface area contributed by atoms with E-state index in [1.807, 2.05) is 30.3 Å². The molecule has 0 amide bonds. The first kappa shape index (κ1) is 16.6. The molecular formula is C16H18O5. The molecule has 1 rings (SSSR count). The van der Waals surface area contributed by atoms with E-state index in [1.54, 1.807) is 6.08 Å². The smallest absolute Gasteiger partial charge is 0.330 e. The number of Topliss-reactive ketones (excluding diaryl/α,β-unsaturated/α-hetero) is 1. The van der Waals surface area contributed by atoms with Crippen LogP contribution in [0.3, 0.4) is 0 Å². The van der Waals surface area contributed by atoms with E-state index in [0.29, 0.717) is 12.8 Å². The second-order valence-corrected chi connectivity index (χ2v) is 4.50. The molecule has 0 bridgehead atoms. The number of ether oxygens (including phenoxy) is 1. The summed E-state index contributed by atoms with van der Waals surface area (Å²) < 4.78 is 5.04. The number of carbonyl (C=O) groups excluding carboxylic acids is 2. The molecule has 0 unspecified atom stereocenters. The van der Waals surface area contributed by atoms with Crippen LogP contribution in [-0.2, 0) is 25.7 Å². The van der Waals surface area contributed by atoms with Crippen molar-refractivity contribution in [1.82, 2.24) is 0 Å². The first-order valence-corrected chi connectivity index (χ1v) is 6.68. The number of allylic oxidation sites excluding steroid dienone is 1. The Morgan fingerprint density at radius 1 is 1.14 bits per heavy atom. The molecule has 1 aromatic carbocycles. The van der Waals surface area contributed by atoms with Gasteiger partial charge >= 0.3 is 11.9 Å². The van der Waals surface area contributed by atoms with E-state index in [2.05, 4.69) is 0 Å². The second kappa shape index (κ2) is 9.47. The van der Waals surface area contributed by atoms with Gasteiger partial charge < -0.3 is 9.84 Å². The van der Waals surface area contributed by atoms with Gasteiger partial charge in [-0.3, -0.25) is 9.59 Å². The lowest BCUT2D eigenvalue weighted by Gasteiger charge is -2.01. The van der Waals surface area contributed by atoms with Gasteiger partial charge in [-0.15, -0.1) is 0 Å². The molecule has 0 saturated heterocycles. The van der Waals surface area contributed by atoms with Crippen LogP contribution in [-0.4, -0.2) is 22.8 Å². The molecule has 21 heavy (non-hydrogen) atoms. The molecule has 0 aliphatic carbocycles. The van der Waals surface area contributed by atoms with Crippen molar-refractivity contribution in [2.75, 3.05) is 0 Å². The molecule has 1 aromatic rings. The third kappa shape index (κ3) is 8.36. The van der Waals surface area contributed by atoms with Crippen molar-refractivity contribution in [2.24, 2.45) is 0 Å². The minimum absolute atomic E-state index is 0.204. The van der Waals surface area contributed by atoms with Crippen molar-refractivity contribution >= 4 is 17.7 Å². The first-order valence-electron chi connectivity index (χ1n) is 6.68. The summed E-state index contributed by atoms with van der Waals surface area (Å²) in [5.41, 5.74) is 0.915. The molecular weight excluding hydrogens is 272 g/mol. The molecule has 1 N–H and O–H groups in total. The Kier molecular flexibility index (Phi) is 7.50. The summed E-state index contributed by atoms with van der Waals surface area (Å²) in [6, 6.07) is 9.35. The van der Waals surface area contributed by atoms with E-state index >= 15 is 0 Å². The normalized spacial score (nSPS) is 10.5. The molecule has 0 fully saturated rings. The highest BCUT2D eigenvalue weighted by atomic mass is 16.5. The van der Waals surface area contributed by atoms with Crippen molar-refractivity contribution in [3.8, 4) is 0 Å². The van der Waals surface area contributed by atoms with Crippen molar-refractivity contribution in [3.63, 3.8) is 0 Å². The monoisotopic (exact) mass is 290 g/mol. The van der Waals surface area contributed by atoms with Crippen molar-refractivity contribution in [1.29, 1.82) is 0 Å². The molecule has 5 heteroatoms. The van der Waals surface area contributed by atoms with Crippen LogP contribution in [0.5, 0.6) is 0 Å². The number of benzene rings is 1. The summed E-state index contributed by atoms with van der Waals surface area (Å²) in [6.07, 6.45) is 3.77. The number of carboxylic acids is 1. The molecule has 5 nitrogen and oxygen atoms in total. The third-order valence-electron chi connectivity index (χ3n) is 2.65. The fourth-order valence-electron chi connectivity index (χ4n) is 1.63. The number of hydrogen-bond donors (Lipinski definition) is 1. The predicted octanol–water partition coefficient (Wildman–Crippen LogP) is 2.50. The Balaban J connectivity index is 2.14. The van der Waals surface area contributed by atoms with Crippen LogP contribution in [0.1, 0.15) is 31.2 Å². The molecule has 0 aliphatic rings. The van der Waals surface area contributed by atoms with Crippen LogP contribution in [0.25, 0.3) is 0 Å². The zero-order chi connectivity index (χ0) is 15.5. The highest BCUT2D eigenvalue weighted by Gasteiger charge is 2.06. The highest BCUT2D eigenvalue weighted by molar-refractivity contribution is 5.94.